The Balaban J connectivity index is 2.03. The summed E-state index contributed by atoms with van der Waals surface area (Å²) in [6, 6.07) is 7.92. The number of halogens is 3. The molecule has 1 N–H and O–H groups in total. The number of sulfonamides is 1. The predicted octanol–water partition coefficient (Wildman–Crippen LogP) is 3.10. The Hall–Kier alpha value is -3.03. The summed E-state index contributed by atoms with van der Waals surface area (Å²) < 4.78 is 72.1. The molecule has 1 aliphatic heterocycles. The fourth-order valence-corrected chi connectivity index (χ4v) is 5.21. The van der Waals surface area contributed by atoms with Gasteiger partial charge in [-0.05, 0) is 41.5 Å². The van der Waals surface area contributed by atoms with Crippen molar-refractivity contribution < 1.29 is 31.1 Å². The van der Waals surface area contributed by atoms with Gasteiger partial charge in [-0.1, -0.05) is 18.1 Å². The fraction of sp³-hybridized carbons (Fsp3) is 0.286. The van der Waals surface area contributed by atoms with Crippen molar-refractivity contribution in [1.82, 2.24) is 9.62 Å². The first-order valence-corrected chi connectivity index (χ1v) is 10.6. The first kappa shape index (κ1) is 22.7. The van der Waals surface area contributed by atoms with Crippen LogP contribution in [0.3, 0.4) is 0 Å². The molecule has 31 heavy (non-hydrogen) atoms. The van der Waals surface area contributed by atoms with Crippen LogP contribution in [-0.4, -0.2) is 32.3 Å². The van der Waals surface area contributed by atoms with Gasteiger partial charge < -0.3 is 10.1 Å². The number of rotatable bonds is 6. The van der Waals surface area contributed by atoms with Crippen LogP contribution in [0.15, 0.2) is 47.4 Å². The average molecular weight is 452 g/mol. The van der Waals surface area contributed by atoms with Crippen LogP contribution in [0.2, 0.25) is 0 Å². The average Bonchev–Trinajstić information content (AvgIpc) is 2.93. The molecular formula is C21H19F3N2O4S. The van der Waals surface area contributed by atoms with E-state index in [-0.39, 0.29) is 30.0 Å². The van der Waals surface area contributed by atoms with Crippen LogP contribution < -0.4 is 10.1 Å². The molecule has 1 amide bonds. The van der Waals surface area contributed by atoms with Gasteiger partial charge in [0.05, 0.1) is 30.2 Å². The van der Waals surface area contributed by atoms with Gasteiger partial charge in [0.25, 0.3) is 0 Å². The second-order valence-electron chi connectivity index (χ2n) is 6.85. The summed E-state index contributed by atoms with van der Waals surface area (Å²) in [6.07, 6.45) is 0.0952. The molecule has 2 aromatic rings. The molecule has 0 unspecified atom stereocenters. The molecule has 0 saturated carbocycles. The maximum Gasteiger partial charge on any atom is 0.416 e. The van der Waals surface area contributed by atoms with Crippen LogP contribution in [0.4, 0.5) is 13.2 Å². The van der Waals surface area contributed by atoms with Crippen LogP contribution >= 0.6 is 0 Å². The number of methoxy groups -OCH3 is 1. The third-order valence-electron chi connectivity index (χ3n) is 4.89. The number of alkyl halides is 3. The zero-order valence-electron chi connectivity index (χ0n) is 16.4. The predicted molar refractivity (Wildman–Crippen MR) is 106 cm³/mol. The molecule has 3 rings (SSSR count). The largest absolute Gasteiger partial charge is 0.497 e. The standard InChI is InChI=1S/C21H19F3N2O4S/c1-3-10-25-20(27)12-18-17-11-15(21(22,23)24)6-9-19(17)31(28,29)26(18)13-14-4-7-16(30-2)8-5-14/h1,4-9,11,18H,10,12-13H2,2H3,(H,25,27)/t18-/m0/s1. The van der Waals surface area contributed by atoms with Crippen LogP contribution in [0.5, 0.6) is 5.75 Å². The van der Waals surface area contributed by atoms with Crippen molar-refractivity contribution in [1.29, 1.82) is 0 Å². The Bertz CT molecular complexity index is 1120. The van der Waals surface area contributed by atoms with Crippen molar-refractivity contribution in [2.75, 3.05) is 13.7 Å². The van der Waals surface area contributed by atoms with Gasteiger partial charge in [0.2, 0.25) is 15.9 Å². The topological polar surface area (TPSA) is 75.7 Å². The summed E-state index contributed by atoms with van der Waals surface area (Å²) in [6.45, 7) is -0.207. The molecule has 0 aromatic heterocycles. The number of fused-ring (bicyclic) bond motifs is 1. The third-order valence-corrected chi connectivity index (χ3v) is 6.82. The fourth-order valence-electron chi connectivity index (χ4n) is 3.38. The highest BCUT2D eigenvalue weighted by Crippen LogP contribution is 2.44. The van der Waals surface area contributed by atoms with Gasteiger partial charge >= 0.3 is 6.18 Å². The third kappa shape index (κ3) is 4.68. The molecule has 0 saturated heterocycles. The summed E-state index contributed by atoms with van der Waals surface area (Å²) >= 11 is 0. The summed E-state index contributed by atoms with van der Waals surface area (Å²) in [5.74, 6) is 2.22. The van der Waals surface area contributed by atoms with Gasteiger partial charge in [0.15, 0.2) is 0 Å². The lowest BCUT2D eigenvalue weighted by Gasteiger charge is -2.23. The molecule has 1 aliphatic rings. The SMILES string of the molecule is C#CCNC(=O)C[C@H]1c2cc(C(F)(F)F)ccc2S(=O)(=O)N1Cc1ccc(OC)cc1. The van der Waals surface area contributed by atoms with E-state index < -0.39 is 33.7 Å². The number of hydrogen-bond donors (Lipinski definition) is 1. The highest BCUT2D eigenvalue weighted by Gasteiger charge is 2.45. The minimum atomic E-state index is -4.65. The molecule has 6 nitrogen and oxygen atoms in total. The first-order valence-electron chi connectivity index (χ1n) is 9.14. The van der Waals surface area contributed by atoms with Crippen LogP contribution in [0.25, 0.3) is 0 Å². The lowest BCUT2D eigenvalue weighted by molar-refractivity contribution is -0.137. The van der Waals surface area contributed by atoms with Crippen molar-refractivity contribution in [2.24, 2.45) is 0 Å². The molecule has 0 radical (unpaired) electrons. The number of ether oxygens (including phenoxy) is 1. The van der Waals surface area contributed by atoms with Crippen LogP contribution in [-0.2, 0) is 27.5 Å². The van der Waals surface area contributed by atoms with Gasteiger partial charge in [0.1, 0.15) is 5.75 Å². The van der Waals surface area contributed by atoms with Crippen LogP contribution in [0.1, 0.15) is 29.2 Å². The van der Waals surface area contributed by atoms with Crippen molar-refractivity contribution in [2.45, 2.75) is 30.1 Å². The number of hydrogen-bond acceptors (Lipinski definition) is 4. The molecule has 1 atom stereocenters. The van der Waals surface area contributed by atoms with E-state index in [0.29, 0.717) is 11.3 Å². The number of nitrogens with zero attached hydrogens (tertiary/aromatic N) is 1. The Labute approximate surface area is 178 Å². The lowest BCUT2D eigenvalue weighted by Crippen LogP contribution is -2.32. The van der Waals surface area contributed by atoms with Crippen LogP contribution in [0, 0.1) is 12.3 Å². The van der Waals surface area contributed by atoms with E-state index in [9.17, 15) is 26.4 Å². The van der Waals surface area contributed by atoms with Crippen molar-refractivity contribution >= 4 is 15.9 Å². The summed E-state index contributed by atoms with van der Waals surface area (Å²) in [4.78, 5) is 12.0. The Kier molecular flexibility index (Phi) is 6.29. The molecule has 1 heterocycles. The van der Waals surface area contributed by atoms with Gasteiger partial charge in [0, 0.05) is 13.0 Å². The second-order valence-corrected chi connectivity index (χ2v) is 8.71. The molecule has 164 valence electrons. The maximum atomic E-state index is 13.2. The van der Waals surface area contributed by atoms with Gasteiger partial charge in [-0.15, -0.1) is 6.42 Å². The van der Waals surface area contributed by atoms with E-state index in [1.165, 1.54) is 7.11 Å². The van der Waals surface area contributed by atoms with Crippen molar-refractivity contribution in [3.05, 3.63) is 59.2 Å². The van der Waals surface area contributed by atoms with Crippen molar-refractivity contribution in [3.63, 3.8) is 0 Å². The van der Waals surface area contributed by atoms with E-state index in [4.69, 9.17) is 11.2 Å². The van der Waals surface area contributed by atoms with E-state index in [2.05, 4.69) is 11.2 Å². The second kappa shape index (κ2) is 8.61. The summed E-state index contributed by atoms with van der Waals surface area (Å²) in [5, 5.41) is 2.43. The molecule has 0 bridgehead atoms. The van der Waals surface area contributed by atoms with Gasteiger partial charge in [-0.2, -0.15) is 17.5 Å². The minimum Gasteiger partial charge on any atom is -0.497 e. The summed E-state index contributed by atoms with van der Waals surface area (Å²) in [7, 11) is -2.64. The highest BCUT2D eigenvalue weighted by molar-refractivity contribution is 7.89. The number of nitrogens with one attached hydrogen (secondary N) is 1. The smallest absolute Gasteiger partial charge is 0.416 e. The molecule has 0 fully saturated rings. The van der Waals surface area contributed by atoms with Crippen molar-refractivity contribution in [3.8, 4) is 18.1 Å². The number of amides is 1. The zero-order chi connectivity index (χ0) is 22.8. The lowest BCUT2D eigenvalue weighted by atomic mass is 10.00. The number of carbonyl (C=O) groups is 1. The minimum absolute atomic E-state index is 0.0702. The summed E-state index contributed by atoms with van der Waals surface area (Å²) in [5.41, 5.74) is -0.469. The normalized spacial score (nSPS) is 17.6. The monoisotopic (exact) mass is 452 g/mol. The Morgan fingerprint density at radius 2 is 1.90 bits per heavy atom. The molecular weight excluding hydrogens is 433 g/mol. The Morgan fingerprint density at radius 1 is 1.23 bits per heavy atom. The number of terminal acetylenes is 1. The van der Waals surface area contributed by atoms with E-state index in [0.717, 1.165) is 22.5 Å². The van der Waals surface area contributed by atoms with E-state index >= 15 is 0 Å². The number of benzene rings is 2. The van der Waals surface area contributed by atoms with E-state index in [1.807, 2.05) is 0 Å². The molecule has 10 heteroatoms. The molecule has 0 spiro atoms. The Morgan fingerprint density at radius 3 is 2.48 bits per heavy atom. The maximum absolute atomic E-state index is 13.2. The first-order chi connectivity index (χ1) is 14.6. The molecule has 2 aromatic carbocycles. The van der Waals surface area contributed by atoms with Gasteiger partial charge in [-0.25, -0.2) is 8.42 Å². The quantitative estimate of drug-likeness (QED) is 0.684. The van der Waals surface area contributed by atoms with E-state index in [1.54, 1.807) is 24.3 Å². The molecule has 0 aliphatic carbocycles. The van der Waals surface area contributed by atoms with Gasteiger partial charge in [-0.3, -0.25) is 4.79 Å². The number of carbonyl (C=O) groups excluding carboxylic acids is 1. The highest BCUT2D eigenvalue weighted by atomic mass is 32.2. The zero-order valence-corrected chi connectivity index (χ0v) is 17.3.